The minimum atomic E-state index is -0.563. The average Bonchev–Trinajstić information content (AvgIpc) is 2.62. The maximum atomic E-state index is 12.0. The van der Waals surface area contributed by atoms with Crippen molar-refractivity contribution < 1.29 is 19.1 Å². The molecule has 0 atom stereocenters. The summed E-state index contributed by atoms with van der Waals surface area (Å²) in [4.78, 5) is 35.0. The lowest BCUT2D eigenvalue weighted by Gasteiger charge is -2.08. The molecule has 136 valence electrons. The van der Waals surface area contributed by atoms with Gasteiger partial charge in [-0.3, -0.25) is 14.4 Å². The number of carbonyl (C=O) groups is 3. The van der Waals surface area contributed by atoms with Crippen LogP contribution in [-0.4, -0.2) is 24.4 Å². The van der Waals surface area contributed by atoms with Crippen molar-refractivity contribution in [1.29, 1.82) is 0 Å². The zero-order chi connectivity index (χ0) is 18.8. The van der Waals surface area contributed by atoms with Gasteiger partial charge in [0.1, 0.15) is 6.42 Å². The zero-order valence-corrected chi connectivity index (χ0v) is 14.7. The molecule has 0 bridgehead atoms. The number of anilines is 2. The molecule has 6 nitrogen and oxygen atoms in total. The van der Waals surface area contributed by atoms with Crippen LogP contribution in [0.3, 0.4) is 0 Å². The predicted molar refractivity (Wildman–Crippen MR) is 99.7 cm³/mol. The second kappa shape index (κ2) is 9.98. The zero-order valence-electron chi connectivity index (χ0n) is 14.7. The Morgan fingerprint density at radius 1 is 0.846 bits per heavy atom. The van der Waals surface area contributed by atoms with Crippen molar-refractivity contribution in [1.82, 2.24) is 0 Å². The van der Waals surface area contributed by atoms with E-state index in [1.165, 1.54) is 0 Å². The molecule has 0 spiro atoms. The molecule has 2 aromatic carbocycles. The van der Waals surface area contributed by atoms with E-state index >= 15 is 0 Å². The van der Waals surface area contributed by atoms with Crippen molar-refractivity contribution in [3.8, 4) is 0 Å². The van der Waals surface area contributed by atoms with Crippen molar-refractivity contribution in [2.75, 3.05) is 17.2 Å². The van der Waals surface area contributed by atoms with Gasteiger partial charge in [0.15, 0.2) is 0 Å². The number of esters is 1. The lowest BCUT2D eigenvalue weighted by molar-refractivity contribution is -0.145. The molecule has 2 aromatic rings. The van der Waals surface area contributed by atoms with Crippen LogP contribution in [0.5, 0.6) is 0 Å². The Hall–Kier alpha value is -3.15. The molecule has 0 saturated heterocycles. The molecule has 0 saturated carbocycles. The Bertz CT molecular complexity index is 742. The number of hydrogen-bond donors (Lipinski definition) is 2. The number of rotatable bonds is 8. The van der Waals surface area contributed by atoms with E-state index in [0.717, 1.165) is 5.56 Å². The summed E-state index contributed by atoms with van der Waals surface area (Å²) in [5, 5.41) is 5.42. The van der Waals surface area contributed by atoms with Crippen molar-refractivity contribution >= 4 is 29.2 Å². The van der Waals surface area contributed by atoms with Gasteiger partial charge in [0.05, 0.1) is 6.61 Å². The third-order valence-corrected chi connectivity index (χ3v) is 3.55. The molecule has 0 aliphatic rings. The molecule has 0 heterocycles. The number of carbonyl (C=O) groups excluding carboxylic acids is 3. The van der Waals surface area contributed by atoms with E-state index in [0.29, 0.717) is 24.2 Å². The van der Waals surface area contributed by atoms with Crippen molar-refractivity contribution in [3.63, 3.8) is 0 Å². The third kappa shape index (κ3) is 6.76. The first kappa shape index (κ1) is 19.2. The van der Waals surface area contributed by atoms with E-state index in [4.69, 9.17) is 4.74 Å². The third-order valence-electron chi connectivity index (χ3n) is 3.55. The molecule has 0 aliphatic carbocycles. The molecule has 2 amide bonds. The largest absolute Gasteiger partial charge is 0.466 e. The molecule has 0 radical (unpaired) electrons. The molecule has 0 aliphatic heterocycles. The van der Waals surface area contributed by atoms with E-state index < -0.39 is 11.9 Å². The van der Waals surface area contributed by atoms with E-state index in [2.05, 4.69) is 10.6 Å². The predicted octanol–water partition coefficient (Wildman–Crippen LogP) is 3.15. The summed E-state index contributed by atoms with van der Waals surface area (Å²) in [5.74, 6) is -1.08. The number of nitrogens with one attached hydrogen (secondary N) is 2. The number of amides is 2. The maximum Gasteiger partial charge on any atom is 0.315 e. The number of ether oxygens (including phenoxy) is 1. The highest BCUT2D eigenvalue weighted by molar-refractivity contribution is 6.02. The Morgan fingerprint density at radius 2 is 1.42 bits per heavy atom. The molecule has 2 rings (SSSR count). The molecular weight excluding hydrogens is 332 g/mol. The van der Waals surface area contributed by atoms with Gasteiger partial charge in [0.25, 0.3) is 0 Å². The van der Waals surface area contributed by atoms with Crippen LogP contribution in [-0.2, 0) is 25.5 Å². The smallest absolute Gasteiger partial charge is 0.315 e. The Kier molecular flexibility index (Phi) is 7.36. The van der Waals surface area contributed by atoms with Crippen LogP contribution in [0.1, 0.15) is 25.3 Å². The van der Waals surface area contributed by atoms with Gasteiger partial charge in [-0.1, -0.05) is 30.3 Å². The van der Waals surface area contributed by atoms with Gasteiger partial charge < -0.3 is 15.4 Å². The van der Waals surface area contributed by atoms with Gasteiger partial charge in [-0.2, -0.15) is 0 Å². The molecule has 2 N–H and O–H groups in total. The highest BCUT2D eigenvalue weighted by atomic mass is 16.5. The van der Waals surface area contributed by atoms with Crippen LogP contribution in [0.4, 0.5) is 11.4 Å². The van der Waals surface area contributed by atoms with Gasteiger partial charge in [0.2, 0.25) is 11.8 Å². The van der Waals surface area contributed by atoms with Crippen LogP contribution >= 0.6 is 0 Å². The molecule has 0 aromatic heterocycles. The summed E-state index contributed by atoms with van der Waals surface area (Å²) >= 11 is 0. The summed E-state index contributed by atoms with van der Waals surface area (Å²) < 4.78 is 4.72. The van der Waals surface area contributed by atoms with Crippen molar-refractivity contribution in [2.24, 2.45) is 0 Å². The Labute approximate surface area is 152 Å². The molecular formula is C20H22N2O4. The SMILES string of the molecule is CCOC(=O)CC(=O)Nc1ccc(NC(=O)CCc2ccccc2)cc1. The minimum Gasteiger partial charge on any atom is -0.466 e. The van der Waals surface area contributed by atoms with Gasteiger partial charge in [0, 0.05) is 17.8 Å². The van der Waals surface area contributed by atoms with Gasteiger partial charge in [-0.25, -0.2) is 0 Å². The van der Waals surface area contributed by atoms with E-state index in [1.807, 2.05) is 30.3 Å². The van der Waals surface area contributed by atoms with E-state index in [-0.39, 0.29) is 18.9 Å². The summed E-state index contributed by atoms with van der Waals surface area (Å²) in [6.45, 7) is 1.92. The number of benzene rings is 2. The molecule has 26 heavy (non-hydrogen) atoms. The maximum absolute atomic E-state index is 12.0. The van der Waals surface area contributed by atoms with Crippen molar-refractivity contribution in [3.05, 3.63) is 60.2 Å². The fraction of sp³-hybridized carbons (Fsp3) is 0.250. The summed E-state index contributed by atoms with van der Waals surface area (Å²) in [6.07, 6.45) is 0.739. The first-order valence-electron chi connectivity index (χ1n) is 8.46. The summed E-state index contributed by atoms with van der Waals surface area (Å²) in [6, 6.07) is 16.5. The highest BCUT2D eigenvalue weighted by Crippen LogP contribution is 2.14. The second-order valence-electron chi connectivity index (χ2n) is 5.64. The normalized spacial score (nSPS) is 10.0. The fourth-order valence-corrected chi connectivity index (χ4v) is 2.31. The fourth-order valence-electron chi connectivity index (χ4n) is 2.31. The van der Waals surface area contributed by atoms with Crippen LogP contribution in [0, 0.1) is 0 Å². The molecule has 0 unspecified atom stereocenters. The second-order valence-corrected chi connectivity index (χ2v) is 5.64. The lowest BCUT2D eigenvalue weighted by Crippen LogP contribution is -2.18. The van der Waals surface area contributed by atoms with Crippen LogP contribution in [0.15, 0.2) is 54.6 Å². The summed E-state index contributed by atoms with van der Waals surface area (Å²) in [5.41, 5.74) is 2.30. The van der Waals surface area contributed by atoms with Crippen LogP contribution in [0.25, 0.3) is 0 Å². The first-order valence-corrected chi connectivity index (χ1v) is 8.46. The number of hydrogen-bond acceptors (Lipinski definition) is 4. The topological polar surface area (TPSA) is 84.5 Å². The average molecular weight is 354 g/mol. The lowest BCUT2D eigenvalue weighted by atomic mass is 10.1. The highest BCUT2D eigenvalue weighted by Gasteiger charge is 2.10. The number of aryl methyl sites for hydroxylation is 1. The van der Waals surface area contributed by atoms with Crippen molar-refractivity contribution in [2.45, 2.75) is 26.2 Å². The van der Waals surface area contributed by atoms with Crippen LogP contribution in [0.2, 0.25) is 0 Å². The first-order chi connectivity index (χ1) is 12.6. The molecule has 0 fully saturated rings. The minimum absolute atomic E-state index is 0.0760. The van der Waals surface area contributed by atoms with Gasteiger partial charge in [-0.15, -0.1) is 0 Å². The summed E-state index contributed by atoms with van der Waals surface area (Å²) in [7, 11) is 0. The van der Waals surface area contributed by atoms with E-state index in [9.17, 15) is 14.4 Å². The van der Waals surface area contributed by atoms with E-state index in [1.54, 1.807) is 31.2 Å². The Morgan fingerprint density at radius 3 is 2.00 bits per heavy atom. The Balaban J connectivity index is 1.78. The van der Waals surface area contributed by atoms with Gasteiger partial charge in [-0.05, 0) is 43.2 Å². The van der Waals surface area contributed by atoms with Gasteiger partial charge >= 0.3 is 5.97 Å². The van der Waals surface area contributed by atoms with Crippen LogP contribution < -0.4 is 10.6 Å². The molecule has 6 heteroatoms. The monoisotopic (exact) mass is 354 g/mol. The quantitative estimate of drug-likeness (QED) is 0.563. The standard InChI is InChI=1S/C20H22N2O4/c1-2-26-20(25)14-19(24)22-17-11-9-16(10-12-17)21-18(23)13-8-15-6-4-3-5-7-15/h3-7,9-12H,2,8,13-14H2,1H3,(H,21,23)(H,22,24).